The van der Waals surface area contributed by atoms with Gasteiger partial charge < -0.3 is 0 Å². The molecule has 18 heavy (non-hydrogen) atoms. The number of benzene rings is 2. The van der Waals surface area contributed by atoms with Gasteiger partial charge in [0.2, 0.25) is 0 Å². The monoisotopic (exact) mass is 326 g/mol. The van der Waals surface area contributed by atoms with Crippen LogP contribution in [0.4, 0.5) is 4.39 Å². The zero-order valence-electron chi connectivity index (χ0n) is 9.74. The van der Waals surface area contributed by atoms with Gasteiger partial charge in [-0.2, -0.15) is 0 Å². The normalized spacial score (nSPS) is 12.4. The summed E-state index contributed by atoms with van der Waals surface area (Å²) in [6, 6.07) is 14.7. The number of halogens is 3. The quantitative estimate of drug-likeness (QED) is 0.681. The summed E-state index contributed by atoms with van der Waals surface area (Å²) in [5.41, 5.74) is 2.29. The van der Waals surface area contributed by atoms with Crippen molar-refractivity contribution in [2.24, 2.45) is 0 Å². The highest BCUT2D eigenvalue weighted by Crippen LogP contribution is 2.26. The Kier molecular flexibility index (Phi) is 4.79. The fraction of sp³-hybridized carbons (Fsp3) is 0.200. The number of alkyl halides is 1. The Hall–Kier alpha value is -0.860. The van der Waals surface area contributed by atoms with E-state index in [1.807, 2.05) is 18.2 Å². The first kappa shape index (κ1) is 13.6. The van der Waals surface area contributed by atoms with Gasteiger partial charge in [-0.15, -0.1) is 11.6 Å². The van der Waals surface area contributed by atoms with Crippen molar-refractivity contribution in [3.8, 4) is 0 Å². The summed E-state index contributed by atoms with van der Waals surface area (Å²) in [6.45, 7) is 0. The lowest BCUT2D eigenvalue weighted by Crippen LogP contribution is -2.05. The Labute approximate surface area is 120 Å². The van der Waals surface area contributed by atoms with Crippen LogP contribution >= 0.6 is 27.5 Å². The smallest absolute Gasteiger partial charge is 0.123 e. The van der Waals surface area contributed by atoms with Gasteiger partial charge in [-0.25, -0.2) is 4.39 Å². The minimum Gasteiger partial charge on any atom is -0.207 e. The number of hydrogen-bond acceptors (Lipinski definition) is 0. The maximum Gasteiger partial charge on any atom is 0.123 e. The number of rotatable bonds is 4. The molecule has 0 aliphatic heterocycles. The average Bonchev–Trinajstić information content (AvgIpc) is 2.39. The van der Waals surface area contributed by atoms with Crippen LogP contribution < -0.4 is 0 Å². The van der Waals surface area contributed by atoms with Gasteiger partial charge in [-0.3, -0.25) is 0 Å². The van der Waals surface area contributed by atoms with Crippen molar-refractivity contribution < 1.29 is 4.39 Å². The summed E-state index contributed by atoms with van der Waals surface area (Å²) >= 11 is 9.57. The Morgan fingerprint density at radius 2 is 1.72 bits per heavy atom. The first-order chi connectivity index (χ1) is 8.70. The molecule has 0 radical (unpaired) electrons. The third-order valence-electron chi connectivity index (χ3n) is 2.95. The van der Waals surface area contributed by atoms with Crippen molar-refractivity contribution in [3.63, 3.8) is 0 Å². The highest BCUT2D eigenvalue weighted by molar-refractivity contribution is 9.10. The topological polar surface area (TPSA) is 0 Å². The third kappa shape index (κ3) is 3.33. The summed E-state index contributed by atoms with van der Waals surface area (Å²) in [6.07, 6.45) is 0.844. The van der Waals surface area contributed by atoms with E-state index in [4.69, 9.17) is 11.6 Å². The highest BCUT2D eigenvalue weighted by atomic mass is 79.9. The fourth-order valence-corrected chi connectivity index (χ4v) is 2.66. The lowest BCUT2D eigenvalue weighted by molar-refractivity contribution is 0.625. The largest absolute Gasteiger partial charge is 0.207 e. The Morgan fingerprint density at radius 3 is 2.33 bits per heavy atom. The van der Waals surface area contributed by atoms with Crippen LogP contribution in [0.1, 0.15) is 17.0 Å². The lowest BCUT2D eigenvalue weighted by atomic mass is 9.93. The molecular weight excluding hydrogens is 315 g/mol. The predicted octanol–water partition coefficient (Wildman–Crippen LogP) is 5.15. The summed E-state index contributed by atoms with van der Waals surface area (Å²) in [4.78, 5) is 0. The average molecular weight is 328 g/mol. The van der Waals surface area contributed by atoms with E-state index in [1.165, 1.54) is 17.7 Å². The summed E-state index contributed by atoms with van der Waals surface area (Å²) in [7, 11) is 0. The molecule has 94 valence electrons. The van der Waals surface area contributed by atoms with Crippen LogP contribution in [-0.4, -0.2) is 5.88 Å². The van der Waals surface area contributed by atoms with Crippen LogP contribution in [-0.2, 0) is 6.42 Å². The van der Waals surface area contributed by atoms with E-state index in [9.17, 15) is 4.39 Å². The van der Waals surface area contributed by atoms with E-state index < -0.39 is 0 Å². The molecule has 0 aliphatic rings. The molecule has 0 aliphatic carbocycles. The second kappa shape index (κ2) is 6.35. The van der Waals surface area contributed by atoms with Gasteiger partial charge in [0, 0.05) is 16.3 Å². The van der Waals surface area contributed by atoms with Gasteiger partial charge in [0.05, 0.1) is 0 Å². The molecule has 0 aromatic heterocycles. The minimum absolute atomic E-state index is 0.200. The summed E-state index contributed by atoms with van der Waals surface area (Å²) in [5, 5.41) is 0. The van der Waals surface area contributed by atoms with Gasteiger partial charge in [-0.05, 0) is 35.7 Å². The lowest BCUT2D eigenvalue weighted by Gasteiger charge is -2.15. The van der Waals surface area contributed by atoms with Crippen molar-refractivity contribution in [2.75, 3.05) is 5.88 Å². The van der Waals surface area contributed by atoms with E-state index >= 15 is 0 Å². The van der Waals surface area contributed by atoms with Gasteiger partial charge in [0.25, 0.3) is 0 Å². The van der Waals surface area contributed by atoms with Crippen LogP contribution in [0.5, 0.6) is 0 Å². The van der Waals surface area contributed by atoms with E-state index in [0.29, 0.717) is 5.88 Å². The molecule has 2 rings (SSSR count). The van der Waals surface area contributed by atoms with Gasteiger partial charge in [0.1, 0.15) is 5.82 Å². The maximum absolute atomic E-state index is 12.9. The third-order valence-corrected chi connectivity index (χ3v) is 4.10. The van der Waals surface area contributed by atoms with Crippen LogP contribution in [0, 0.1) is 5.82 Å². The standard InChI is InChI=1S/C15H13BrClF/c16-15-4-2-1-3-12(15)9-13(10-17)11-5-7-14(18)8-6-11/h1-8,13H,9-10H2. The van der Waals surface area contributed by atoms with Gasteiger partial charge in [-0.1, -0.05) is 46.3 Å². The molecule has 1 atom stereocenters. The first-order valence-corrected chi connectivity index (χ1v) is 7.08. The van der Waals surface area contributed by atoms with E-state index in [1.54, 1.807) is 12.1 Å². The summed E-state index contributed by atoms with van der Waals surface area (Å²) < 4.78 is 14.0. The second-order valence-corrected chi connectivity index (χ2v) is 5.36. The van der Waals surface area contributed by atoms with Crippen molar-refractivity contribution in [2.45, 2.75) is 12.3 Å². The summed E-state index contributed by atoms with van der Waals surface area (Å²) in [5.74, 6) is 0.506. The molecule has 1 unspecified atom stereocenters. The fourth-order valence-electron chi connectivity index (χ4n) is 1.93. The molecule has 0 N–H and O–H groups in total. The SMILES string of the molecule is Fc1ccc(C(CCl)Cc2ccccc2Br)cc1. The molecule has 0 heterocycles. The minimum atomic E-state index is -0.215. The van der Waals surface area contributed by atoms with Gasteiger partial charge >= 0.3 is 0 Å². The Bertz CT molecular complexity index is 510. The Morgan fingerprint density at radius 1 is 1.06 bits per heavy atom. The van der Waals surface area contributed by atoms with E-state index in [2.05, 4.69) is 22.0 Å². The van der Waals surface area contributed by atoms with Crippen molar-refractivity contribution >= 4 is 27.5 Å². The van der Waals surface area contributed by atoms with Crippen LogP contribution in [0.25, 0.3) is 0 Å². The molecule has 0 saturated heterocycles. The zero-order chi connectivity index (χ0) is 13.0. The van der Waals surface area contributed by atoms with E-state index in [-0.39, 0.29) is 11.7 Å². The van der Waals surface area contributed by atoms with Crippen LogP contribution in [0.2, 0.25) is 0 Å². The first-order valence-electron chi connectivity index (χ1n) is 5.75. The van der Waals surface area contributed by atoms with E-state index in [0.717, 1.165) is 16.5 Å². The molecule has 0 amide bonds. The van der Waals surface area contributed by atoms with Crippen molar-refractivity contribution in [1.82, 2.24) is 0 Å². The van der Waals surface area contributed by atoms with Crippen molar-refractivity contribution in [1.29, 1.82) is 0 Å². The second-order valence-electron chi connectivity index (χ2n) is 4.20. The molecule has 0 nitrogen and oxygen atoms in total. The molecule has 0 bridgehead atoms. The maximum atomic E-state index is 12.9. The zero-order valence-corrected chi connectivity index (χ0v) is 12.1. The highest BCUT2D eigenvalue weighted by Gasteiger charge is 2.12. The molecule has 0 spiro atoms. The molecule has 2 aromatic rings. The number of hydrogen-bond donors (Lipinski definition) is 0. The molecule has 0 saturated carbocycles. The van der Waals surface area contributed by atoms with Crippen LogP contribution in [0.3, 0.4) is 0 Å². The predicted molar refractivity (Wildman–Crippen MR) is 77.7 cm³/mol. The molecule has 2 aromatic carbocycles. The van der Waals surface area contributed by atoms with Gasteiger partial charge in [0.15, 0.2) is 0 Å². The molecular formula is C15H13BrClF. The molecule has 0 fully saturated rings. The molecule has 3 heteroatoms. The van der Waals surface area contributed by atoms with Crippen molar-refractivity contribution in [3.05, 3.63) is 69.9 Å². The Balaban J connectivity index is 2.20. The van der Waals surface area contributed by atoms with Crippen LogP contribution in [0.15, 0.2) is 53.0 Å².